The highest BCUT2D eigenvalue weighted by Crippen LogP contribution is 2.26. The lowest BCUT2D eigenvalue weighted by atomic mass is 10.1. The Labute approximate surface area is 101 Å². The summed E-state index contributed by atoms with van der Waals surface area (Å²) in [4.78, 5) is 24.0. The minimum Gasteiger partial charge on any atom is -0.480 e. The van der Waals surface area contributed by atoms with Gasteiger partial charge in [0, 0.05) is 6.92 Å². The van der Waals surface area contributed by atoms with Crippen LogP contribution in [-0.4, -0.2) is 23.0 Å². The minimum absolute atomic E-state index is 0.266. The van der Waals surface area contributed by atoms with Gasteiger partial charge >= 0.3 is 5.97 Å². The van der Waals surface area contributed by atoms with Crippen molar-refractivity contribution in [1.29, 1.82) is 0 Å². The molecule has 1 aromatic rings. The van der Waals surface area contributed by atoms with Gasteiger partial charge in [-0.3, -0.25) is 9.69 Å². The normalized spacial score (nSPS) is 12.0. The van der Waals surface area contributed by atoms with Crippen LogP contribution >= 0.6 is 0 Å². The number of anilines is 1. The van der Waals surface area contributed by atoms with E-state index in [0.717, 1.165) is 11.1 Å². The van der Waals surface area contributed by atoms with Crippen LogP contribution in [-0.2, 0) is 9.59 Å². The van der Waals surface area contributed by atoms with E-state index in [-0.39, 0.29) is 5.91 Å². The third-order valence-electron chi connectivity index (χ3n) is 2.76. The maximum Gasteiger partial charge on any atom is 0.326 e. The topological polar surface area (TPSA) is 57.6 Å². The van der Waals surface area contributed by atoms with Gasteiger partial charge < -0.3 is 5.11 Å². The van der Waals surface area contributed by atoms with Gasteiger partial charge in [-0.15, -0.1) is 0 Å². The molecule has 1 aromatic carbocycles. The van der Waals surface area contributed by atoms with Crippen LogP contribution in [0.3, 0.4) is 0 Å². The van der Waals surface area contributed by atoms with Crippen LogP contribution in [0.4, 0.5) is 5.69 Å². The average molecular weight is 235 g/mol. The van der Waals surface area contributed by atoms with Gasteiger partial charge in [-0.2, -0.15) is 0 Å². The number of aryl methyl sites for hydroxylation is 2. The third-order valence-corrected chi connectivity index (χ3v) is 2.76. The number of benzene rings is 1. The fraction of sp³-hybridized carbons (Fsp3) is 0.385. The molecule has 0 radical (unpaired) electrons. The Hall–Kier alpha value is -1.84. The first-order valence-electron chi connectivity index (χ1n) is 5.45. The van der Waals surface area contributed by atoms with Crippen LogP contribution in [0.2, 0.25) is 0 Å². The predicted molar refractivity (Wildman–Crippen MR) is 66.2 cm³/mol. The molecule has 0 saturated heterocycles. The molecule has 4 nitrogen and oxygen atoms in total. The Morgan fingerprint density at radius 2 is 1.71 bits per heavy atom. The molecule has 0 bridgehead atoms. The number of carbonyl (C=O) groups excluding carboxylic acids is 1. The van der Waals surface area contributed by atoms with E-state index in [0.29, 0.717) is 5.69 Å². The van der Waals surface area contributed by atoms with E-state index in [1.807, 2.05) is 32.0 Å². The zero-order chi connectivity index (χ0) is 13.2. The molecule has 1 amide bonds. The molecule has 1 unspecified atom stereocenters. The maximum atomic E-state index is 11.7. The molecule has 0 saturated carbocycles. The molecule has 92 valence electrons. The van der Waals surface area contributed by atoms with Crippen molar-refractivity contribution in [3.8, 4) is 0 Å². The van der Waals surface area contributed by atoms with E-state index in [9.17, 15) is 9.59 Å². The number of carboxylic acid groups (broad SMARTS) is 1. The smallest absolute Gasteiger partial charge is 0.326 e. The van der Waals surface area contributed by atoms with E-state index in [4.69, 9.17) is 5.11 Å². The molecule has 0 heterocycles. The van der Waals surface area contributed by atoms with Crippen LogP contribution in [0, 0.1) is 13.8 Å². The molecule has 17 heavy (non-hydrogen) atoms. The van der Waals surface area contributed by atoms with Crippen LogP contribution in [0.5, 0.6) is 0 Å². The summed E-state index contributed by atoms with van der Waals surface area (Å²) in [5.74, 6) is -1.28. The van der Waals surface area contributed by atoms with Crippen molar-refractivity contribution in [3.63, 3.8) is 0 Å². The van der Waals surface area contributed by atoms with Gasteiger partial charge in [0.1, 0.15) is 6.04 Å². The Morgan fingerprint density at radius 3 is 2.06 bits per heavy atom. The number of rotatable bonds is 3. The van der Waals surface area contributed by atoms with Crippen molar-refractivity contribution in [2.24, 2.45) is 0 Å². The standard InChI is InChI=1S/C13H17NO3/c1-8-6-5-7-9(2)12(8)14(11(4)15)10(3)13(16)17/h5-7,10H,1-4H3,(H,16,17). The maximum absolute atomic E-state index is 11.7. The van der Waals surface area contributed by atoms with Crippen molar-refractivity contribution in [2.75, 3.05) is 4.90 Å². The van der Waals surface area contributed by atoms with Crippen molar-refractivity contribution in [1.82, 2.24) is 0 Å². The summed E-state index contributed by atoms with van der Waals surface area (Å²) < 4.78 is 0. The van der Waals surface area contributed by atoms with Gasteiger partial charge in [0.2, 0.25) is 5.91 Å². The quantitative estimate of drug-likeness (QED) is 0.873. The lowest BCUT2D eigenvalue weighted by Crippen LogP contribution is -2.43. The van der Waals surface area contributed by atoms with Gasteiger partial charge in [-0.25, -0.2) is 4.79 Å². The second kappa shape index (κ2) is 4.99. The minimum atomic E-state index is -1.01. The zero-order valence-electron chi connectivity index (χ0n) is 10.5. The van der Waals surface area contributed by atoms with Crippen molar-refractivity contribution in [3.05, 3.63) is 29.3 Å². The lowest BCUT2D eigenvalue weighted by Gasteiger charge is -2.28. The largest absolute Gasteiger partial charge is 0.480 e. The molecule has 0 aliphatic carbocycles. The summed E-state index contributed by atoms with van der Waals surface area (Å²) in [5.41, 5.74) is 2.48. The number of aliphatic carboxylic acids is 1. The third kappa shape index (κ3) is 2.64. The van der Waals surface area contributed by atoms with Gasteiger partial charge in [0.15, 0.2) is 0 Å². The number of hydrogen-bond acceptors (Lipinski definition) is 2. The van der Waals surface area contributed by atoms with Crippen molar-refractivity contribution < 1.29 is 14.7 Å². The number of amides is 1. The Bertz CT molecular complexity index is 434. The first-order chi connectivity index (χ1) is 7.86. The molecule has 0 spiro atoms. The van der Waals surface area contributed by atoms with E-state index in [1.54, 1.807) is 0 Å². The SMILES string of the molecule is CC(=O)N(c1c(C)cccc1C)C(C)C(=O)O. The highest BCUT2D eigenvalue weighted by Gasteiger charge is 2.26. The molecule has 0 aliphatic rings. The number of hydrogen-bond donors (Lipinski definition) is 1. The Balaban J connectivity index is 3.33. The number of carbonyl (C=O) groups is 2. The summed E-state index contributed by atoms with van der Waals surface area (Å²) in [5, 5.41) is 9.05. The summed E-state index contributed by atoms with van der Waals surface area (Å²) in [6.45, 7) is 6.63. The number of nitrogens with zero attached hydrogens (tertiary/aromatic N) is 1. The fourth-order valence-corrected chi connectivity index (χ4v) is 1.92. The Kier molecular flexibility index (Phi) is 3.89. The number of carboxylic acids is 1. The van der Waals surface area contributed by atoms with Gasteiger partial charge in [-0.05, 0) is 31.9 Å². The van der Waals surface area contributed by atoms with Crippen LogP contribution in [0.15, 0.2) is 18.2 Å². The van der Waals surface area contributed by atoms with Crippen molar-refractivity contribution in [2.45, 2.75) is 33.7 Å². The zero-order valence-corrected chi connectivity index (χ0v) is 10.5. The van der Waals surface area contributed by atoms with E-state index >= 15 is 0 Å². The van der Waals surface area contributed by atoms with Gasteiger partial charge in [0.05, 0.1) is 5.69 Å². The monoisotopic (exact) mass is 235 g/mol. The van der Waals surface area contributed by atoms with Gasteiger partial charge in [-0.1, -0.05) is 18.2 Å². The lowest BCUT2D eigenvalue weighted by molar-refractivity contribution is -0.139. The molecule has 1 N–H and O–H groups in total. The van der Waals surface area contributed by atoms with E-state index in [2.05, 4.69) is 0 Å². The molecular weight excluding hydrogens is 218 g/mol. The van der Waals surface area contributed by atoms with Crippen LogP contribution in [0.1, 0.15) is 25.0 Å². The van der Waals surface area contributed by atoms with Crippen LogP contribution < -0.4 is 4.90 Å². The second-order valence-corrected chi connectivity index (χ2v) is 4.14. The number of para-hydroxylation sites is 1. The van der Waals surface area contributed by atoms with E-state index < -0.39 is 12.0 Å². The van der Waals surface area contributed by atoms with Crippen molar-refractivity contribution >= 4 is 17.6 Å². The highest BCUT2D eigenvalue weighted by molar-refractivity contribution is 5.98. The Morgan fingerprint density at radius 1 is 1.24 bits per heavy atom. The molecule has 4 heteroatoms. The molecule has 0 fully saturated rings. The molecule has 1 rings (SSSR count). The molecule has 0 aromatic heterocycles. The first kappa shape index (κ1) is 13.2. The van der Waals surface area contributed by atoms with Gasteiger partial charge in [0.25, 0.3) is 0 Å². The second-order valence-electron chi connectivity index (χ2n) is 4.14. The average Bonchev–Trinajstić information content (AvgIpc) is 2.22. The first-order valence-corrected chi connectivity index (χ1v) is 5.45. The molecule has 0 aliphatic heterocycles. The summed E-state index contributed by atoms with van der Waals surface area (Å²) >= 11 is 0. The fourth-order valence-electron chi connectivity index (χ4n) is 1.92. The summed E-state index contributed by atoms with van der Waals surface area (Å²) in [6, 6.07) is 4.75. The van der Waals surface area contributed by atoms with E-state index in [1.165, 1.54) is 18.7 Å². The molecule has 1 atom stereocenters. The highest BCUT2D eigenvalue weighted by atomic mass is 16.4. The predicted octanol–water partition coefficient (Wildman–Crippen LogP) is 2.13. The summed E-state index contributed by atoms with van der Waals surface area (Å²) in [6.07, 6.45) is 0. The molecular formula is C13H17NO3. The van der Waals surface area contributed by atoms with Crippen LogP contribution in [0.25, 0.3) is 0 Å². The summed E-state index contributed by atoms with van der Waals surface area (Å²) in [7, 11) is 0.